The largest absolute Gasteiger partial charge is 0.491 e. The zero-order valence-corrected chi connectivity index (χ0v) is 13.1. The molecule has 0 spiro atoms. The van der Waals surface area contributed by atoms with E-state index in [1.807, 2.05) is 17.5 Å². The normalized spacial score (nSPS) is 13.5. The molecule has 1 aliphatic rings. The number of aliphatic hydroxyl groups is 1. The molecule has 0 unspecified atom stereocenters. The van der Waals surface area contributed by atoms with Crippen LogP contribution in [0.2, 0.25) is 0 Å². The Bertz CT molecular complexity index is 648. The van der Waals surface area contributed by atoms with Crippen LogP contribution in [-0.2, 0) is 12.8 Å². The van der Waals surface area contributed by atoms with Crippen LogP contribution in [0.15, 0.2) is 29.6 Å². The Morgan fingerprint density at radius 2 is 2.00 bits per heavy atom. The molecule has 0 saturated carbocycles. The molecule has 1 aromatic heterocycles. The molecule has 22 heavy (non-hydrogen) atoms. The SMILES string of the molecule is O=C(Nc1ccc(OCCO)cc1)c1csc2c1CCCC2. The highest BCUT2D eigenvalue weighted by Gasteiger charge is 2.20. The average molecular weight is 317 g/mol. The van der Waals surface area contributed by atoms with Crippen molar-refractivity contribution in [3.63, 3.8) is 0 Å². The van der Waals surface area contributed by atoms with Gasteiger partial charge in [0.25, 0.3) is 5.91 Å². The Morgan fingerprint density at radius 1 is 1.23 bits per heavy atom. The second-order valence-electron chi connectivity index (χ2n) is 5.31. The first kappa shape index (κ1) is 15.1. The first-order valence-electron chi connectivity index (χ1n) is 7.52. The maximum absolute atomic E-state index is 12.4. The molecule has 1 aliphatic carbocycles. The lowest BCUT2D eigenvalue weighted by molar-refractivity contribution is 0.102. The topological polar surface area (TPSA) is 58.6 Å². The minimum atomic E-state index is -0.0385. The van der Waals surface area contributed by atoms with Crippen molar-refractivity contribution >= 4 is 22.9 Å². The van der Waals surface area contributed by atoms with E-state index in [0.29, 0.717) is 5.75 Å². The first-order chi connectivity index (χ1) is 10.8. The van der Waals surface area contributed by atoms with Crippen LogP contribution < -0.4 is 10.1 Å². The van der Waals surface area contributed by atoms with Crippen LogP contribution in [-0.4, -0.2) is 24.2 Å². The highest BCUT2D eigenvalue weighted by molar-refractivity contribution is 7.10. The number of amides is 1. The van der Waals surface area contributed by atoms with Gasteiger partial charge in [-0.3, -0.25) is 4.79 Å². The number of thiophene rings is 1. The number of aryl methyl sites for hydroxylation is 1. The molecular weight excluding hydrogens is 298 g/mol. The van der Waals surface area contributed by atoms with Gasteiger partial charge in [-0.1, -0.05) is 0 Å². The van der Waals surface area contributed by atoms with Crippen molar-refractivity contribution in [3.8, 4) is 5.75 Å². The summed E-state index contributed by atoms with van der Waals surface area (Å²) in [6.07, 6.45) is 4.50. The average Bonchev–Trinajstić information content (AvgIpc) is 2.98. The smallest absolute Gasteiger partial charge is 0.256 e. The van der Waals surface area contributed by atoms with Gasteiger partial charge in [0.15, 0.2) is 0 Å². The van der Waals surface area contributed by atoms with E-state index in [1.165, 1.54) is 23.3 Å². The lowest BCUT2D eigenvalue weighted by Gasteiger charge is -2.13. The Balaban J connectivity index is 1.67. The molecule has 0 fully saturated rings. The summed E-state index contributed by atoms with van der Waals surface area (Å²) in [5, 5.41) is 13.6. The first-order valence-corrected chi connectivity index (χ1v) is 8.40. The maximum Gasteiger partial charge on any atom is 0.256 e. The van der Waals surface area contributed by atoms with Gasteiger partial charge < -0.3 is 15.2 Å². The van der Waals surface area contributed by atoms with Gasteiger partial charge in [0.2, 0.25) is 0 Å². The summed E-state index contributed by atoms with van der Waals surface area (Å²) in [4.78, 5) is 13.8. The Labute approximate surface area is 133 Å². The molecule has 3 rings (SSSR count). The van der Waals surface area contributed by atoms with E-state index in [1.54, 1.807) is 23.5 Å². The van der Waals surface area contributed by atoms with Crippen LogP contribution in [0.4, 0.5) is 5.69 Å². The standard InChI is InChI=1S/C17H19NO3S/c19-9-10-21-13-7-5-12(6-8-13)18-17(20)15-11-22-16-4-2-1-3-14(15)16/h5-8,11,19H,1-4,9-10H2,(H,18,20). The molecule has 4 nitrogen and oxygen atoms in total. The third-order valence-electron chi connectivity index (χ3n) is 3.78. The molecule has 1 aromatic carbocycles. The highest BCUT2D eigenvalue weighted by atomic mass is 32.1. The summed E-state index contributed by atoms with van der Waals surface area (Å²) in [6, 6.07) is 7.19. The lowest BCUT2D eigenvalue weighted by atomic mass is 9.95. The number of ether oxygens (including phenoxy) is 1. The summed E-state index contributed by atoms with van der Waals surface area (Å²) in [7, 11) is 0. The fourth-order valence-electron chi connectivity index (χ4n) is 2.68. The molecule has 5 heteroatoms. The Kier molecular flexibility index (Phi) is 4.75. The second kappa shape index (κ2) is 6.94. The predicted molar refractivity (Wildman–Crippen MR) is 87.9 cm³/mol. The van der Waals surface area contributed by atoms with Crippen molar-refractivity contribution in [3.05, 3.63) is 45.6 Å². The van der Waals surface area contributed by atoms with E-state index in [4.69, 9.17) is 9.84 Å². The fraction of sp³-hybridized carbons (Fsp3) is 0.353. The molecule has 116 valence electrons. The minimum absolute atomic E-state index is 0.0121. The monoisotopic (exact) mass is 317 g/mol. The van der Waals surface area contributed by atoms with Gasteiger partial charge in [0, 0.05) is 15.9 Å². The van der Waals surface area contributed by atoms with Gasteiger partial charge >= 0.3 is 0 Å². The van der Waals surface area contributed by atoms with Crippen LogP contribution in [0.5, 0.6) is 5.75 Å². The van der Waals surface area contributed by atoms with Crippen LogP contribution in [0.25, 0.3) is 0 Å². The van der Waals surface area contributed by atoms with Gasteiger partial charge in [-0.25, -0.2) is 0 Å². The van der Waals surface area contributed by atoms with Gasteiger partial charge in [-0.15, -0.1) is 11.3 Å². The quantitative estimate of drug-likeness (QED) is 0.890. The van der Waals surface area contributed by atoms with Crippen molar-refractivity contribution in [1.82, 2.24) is 0 Å². The van der Waals surface area contributed by atoms with Gasteiger partial charge in [0.1, 0.15) is 12.4 Å². The maximum atomic E-state index is 12.4. The molecule has 0 atom stereocenters. The number of benzene rings is 1. The lowest BCUT2D eigenvalue weighted by Crippen LogP contribution is -2.14. The van der Waals surface area contributed by atoms with Crippen LogP contribution in [0, 0.1) is 0 Å². The third kappa shape index (κ3) is 3.31. The number of fused-ring (bicyclic) bond motifs is 1. The van der Waals surface area contributed by atoms with Crippen LogP contribution in [0.3, 0.4) is 0 Å². The number of rotatable bonds is 5. The molecule has 0 bridgehead atoms. The fourth-order valence-corrected chi connectivity index (χ4v) is 3.81. The number of carbonyl (C=O) groups is 1. The van der Waals surface area contributed by atoms with E-state index < -0.39 is 0 Å². The number of hydrogen-bond donors (Lipinski definition) is 2. The van der Waals surface area contributed by atoms with Crippen molar-refractivity contribution in [2.45, 2.75) is 25.7 Å². The van der Waals surface area contributed by atoms with E-state index in [-0.39, 0.29) is 19.1 Å². The summed E-state index contributed by atoms with van der Waals surface area (Å²) in [5.41, 5.74) is 2.80. The van der Waals surface area contributed by atoms with E-state index in [9.17, 15) is 4.79 Å². The van der Waals surface area contributed by atoms with Gasteiger partial charge in [-0.2, -0.15) is 0 Å². The highest BCUT2D eigenvalue weighted by Crippen LogP contribution is 2.30. The van der Waals surface area contributed by atoms with Crippen LogP contribution in [0.1, 0.15) is 33.6 Å². The minimum Gasteiger partial charge on any atom is -0.491 e. The van der Waals surface area contributed by atoms with Gasteiger partial charge in [0.05, 0.1) is 12.2 Å². The van der Waals surface area contributed by atoms with Crippen LogP contribution >= 0.6 is 11.3 Å². The molecule has 2 N–H and O–H groups in total. The third-order valence-corrected chi connectivity index (χ3v) is 4.87. The molecule has 0 aliphatic heterocycles. The van der Waals surface area contributed by atoms with Crippen molar-refractivity contribution in [2.75, 3.05) is 18.5 Å². The number of hydrogen-bond acceptors (Lipinski definition) is 4. The van der Waals surface area contributed by atoms with Gasteiger partial charge in [-0.05, 0) is 55.5 Å². The molecule has 1 amide bonds. The molecule has 0 saturated heterocycles. The predicted octanol–water partition coefficient (Wildman–Crippen LogP) is 3.25. The second-order valence-corrected chi connectivity index (χ2v) is 6.27. The van der Waals surface area contributed by atoms with E-state index in [2.05, 4.69) is 5.32 Å². The summed E-state index contributed by atoms with van der Waals surface area (Å²) < 4.78 is 5.30. The van der Waals surface area contributed by atoms with Crippen molar-refractivity contribution < 1.29 is 14.6 Å². The number of aliphatic hydroxyl groups excluding tert-OH is 1. The molecular formula is C17H19NO3S. The number of carbonyl (C=O) groups excluding carboxylic acids is 1. The summed E-state index contributed by atoms with van der Waals surface area (Å²) in [5.74, 6) is 0.642. The zero-order chi connectivity index (χ0) is 15.4. The zero-order valence-electron chi connectivity index (χ0n) is 12.3. The number of anilines is 1. The van der Waals surface area contributed by atoms with Crippen molar-refractivity contribution in [2.24, 2.45) is 0 Å². The number of nitrogens with one attached hydrogen (secondary N) is 1. The summed E-state index contributed by atoms with van der Waals surface area (Å²) >= 11 is 1.70. The molecule has 1 heterocycles. The van der Waals surface area contributed by atoms with Crippen molar-refractivity contribution in [1.29, 1.82) is 0 Å². The Morgan fingerprint density at radius 3 is 2.77 bits per heavy atom. The van der Waals surface area contributed by atoms with E-state index in [0.717, 1.165) is 24.1 Å². The summed E-state index contributed by atoms with van der Waals surface area (Å²) in [6.45, 7) is 0.258. The molecule has 0 radical (unpaired) electrons. The Hall–Kier alpha value is -1.85. The molecule has 2 aromatic rings. The van der Waals surface area contributed by atoms with E-state index >= 15 is 0 Å².